The van der Waals surface area contributed by atoms with Gasteiger partial charge in [0.05, 0.1) is 18.4 Å². The van der Waals surface area contributed by atoms with Crippen molar-refractivity contribution in [2.75, 3.05) is 26.0 Å². The van der Waals surface area contributed by atoms with Crippen LogP contribution in [0, 0.1) is 11.8 Å². The number of aliphatic carboxylic acids is 1. The number of carboxylic acid groups (broad SMARTS) is 1. The smallest absolute Gasteiger partial charge is 0.307 e. The number of carbonyl (C=O) groups is 2. The Balaban J connectivity index is 2.32. The number of sulfonamides is 1. The number of hydrogen-bond acceptors (Lipinski definition) is 5. The van der Waals surface area contributed by atoms with Gasteiger partial charge in [-0.3, -0.25) is 9.59 Å². The number of amides is 1. The second kappa shape index (κ2) is 8.53. The van der Waals surface area contributed by atoms with Crippen LogP contribution in [0.4, 0.5) is 5.69 Å². The fourth-order valence-electron chi connectivity index (χ4n) is 2.87. The fourth-order valence-corrected chi connectivity index (χ4v) is 3.92. The van der Waals surface area contributed by atoms with Gasteiger partial charge in [0.1, 0.15) is 10.6 Å². The Labute approximate surface area is 158 Å². The van der Waals surface area contributed by atoms with Crippen LogP contribution < -0.4 is 10.1 Å². The molecule has 148 valence electrons. The van der Waals surface area contributed by atoms with Crippen LogP contribution >= 0.6 is 0 Å². The van der Waals surface area contributed by atoms with Gasteiger partial charge in [-0.2, -0.15) is 0 Å². The van der Waals surface area contributed by atoms with Crippen LogP contribution in [-0.4, -0.2) is 50.4 Å². The summed E-state index contributed by atoms with van der Waals surface area (Å²) in [4.78, 5) is 23.9. The molecule has 0 heterocycles. The third-order valence-corrected chi connectivity index (χ3v) is 6.19. The highest BCUT2D eigenvalue weighted by molar-refractivity contribution is 7.89. The van der Waals surface area contributed by atoms with Gasteiger partial charge in [-0.25, -0.2) is 12.7 Å². The van der Waals surface area contributed by atoms with Crippen LogP contribution in [0.25, 0.3) is 0 Å². The zero-order chi connectivity index (χ0) is 20.2. The zero-order valence-corrected chi connectivity index (χ0v) is 16.3. The van der Waals surface area contributed by atoms with Crippen molar-refractivity contribution in [1.29, 1.82) is 0 Å². The second-order valence-electron chi connectivity index (χ2n) is 6.37. The van der Waals surface area contributed by atoms with Crippen LogP contribution in [0.1, 0.15) is 19.8 Å². The molecule has 1 aromatic rings. The molecule has 1 aliphatic carbocycles. The minimum Gasteiger partial charge on any atom is -0.492 e. The molecule has 2 N–H and O–H groups in total. The van der Waals surface area contributed by atoms with Crippen molar-refractivity contribution in [2.45, 2.75) is 24.7 Å². The van der Waals surface area contributed by atoms with Gasteiger partial charge in [0.25, 0.3) is 0 Å². The first kappa shape index (κ1) is 20.9. The molecular weight excluding hydrogens is 372 g/mol. The van der Waals surface area contributed by atoms with Crippen LogP contribution in [0.15, 0.2) is 35.2 Å². The van der Waals surface area contributed by atoms with Crippen LogP contribution in [-0.2, 0) is 19.6 Å². The van der Waals surface area contributed by atoms with Crippen LogP contribution in [0.5, 0.6) is 5.75 Å². The lowest BCUT2D eigenvalue weighted by molar-refractivity contribution is -0.146. The van der Waals surface area contributed by atoms with Crippen molar-refractivity contribution < 1.29 is 27.9 Å². The Morgan fingerprint density at radius 3 is 2.41 bits per heavy atom. The molecule has 0 saturated heterocycles. The van der Waals surface area contributed by atoms with E-state index in [0.717, 1.165) is 4.31 Å². The molecule has 1 aromatic carbocycles. The summed E-state index contributed by atoms with van der Waals surface area (Å²) in [5, 5.41) is 12.0. The lowest BCUT2D eigenvalue weighted by atomic mass is 9.82. The fraction of sp³-hybridized carbons (Fsp3) is 0.444. The number of hydrogen-bond donors (Lipinski definition) is 2. The zero-order valence-electron chi connectivity index (χ0n) is 15.5. The van der Waals surface area contributed by atoms with Gasteiger partial charge in [0.15, 0.2) is 0 Å². The van der Waals surface area contributed by atoms with E-state index in [1.165, 1.54) is 32.3 Å². The number of carbonyl (C=O) groups excluding carboxylic acids is 1. The molecule has 0 unspecified atom stereocenters. The molecular formula is C18H24N2O6S. The van der Waals surface area contributed by atoms with Crippen molar-refractivity contribution in [1.82, 2.24) is 4.31 Å². The lowest BCUT2D eigenvalue weighted by Gasteiger charge is -2.24. The quantitative estimate of drug-likeness (QED) is 0.681. The molecule has 0 bridgehead atoms. The second-order valence-corrected chi connectivity index (χ2v) is 8.49. The third-order valence-electron chi connectivity index (χ3n) is 4.36. The molecule has 1 amide bonds. The number of carboxylic acids is 1. The Morgan fingerprint density at radius 2 is 1.85 bits per heavy atom. The standard InChI is InChI=1S/C18H24N2O6S/c1-4-26-15-10-9-12(11-16(15)27(24,25)20(2)3)19-17(21)13-7-5-6-8-14(13)18(22)23/h5-6,9-11,13-14H,4,7-8H2,1-3H3,(H,19,21)(H,22,23)/t13-,14-/m0/s1. The highest BCUT2D eigenvalue weighted by Gasteiger charge is 2.34. The van der Waals surface area contributed by atoms with E-state index in [1.807, 2.05) is 0 Å². The number of nitrogens with zero attached hydrogens (tertiary/aromatic N) is 1. The first-order valence-corrected chi connectivity index (χ1v) is 10.0. The minimum absolute atomic E-state index is 0.0644. The molecule has 2 rings (SSSR count). The normalized spacial score (nSPS) is 19.7. The Morgan fingerprint density at radius 1 is 1.22 bits per heavy atom. The molecule has 0 aromatic heterocycles. The summed E-state index contributed by atoms with van der Waals surface area (Å²) in [6.07, 6.45) is 4.14. The molecule has 0 radical (unpaired) electrons. The summed E-state index contributed by atoms with van der Waals surface area (Å²) >= 11 is 0. The monoisotopic (exact) mass is 396 g/mol. The third kappa shape index (κ3) is 4.67. The molecule has 1 aliphatic rings. The summed E-state index contributed by atoms with van der Waals surface area (Å²) in [6.45, 7) is 2.03. The molecule has 0 saturated carbocycles. The van der Waals surface area contributed by atoms with Crippen molar-refractivity contribution in [2.24, 2.45) is 11.8 Å². The van der Waals surface area contributed by atoms with Gasteiger partial charge >= 0.3 is 5.97 Å². The average molecular weight is 396 g/mol. The van der Waals surface area contributed by atoms with Gasteiger partial charge in [-0.1, -0.05) is 12.2 Å². The van der Waals surface area contributed by atoms with Crippen molar-refractivity contribution in [3.8, 4) is 5.75 Å². The topological polar surface area (TPSA) is 113 Å². The molecule has 0 aliphatic heterocycles. The predicted octanol–water partition coefficient (Wildman–Crippen LogP) is 1.94. The van der Waals surface area contributed by atoms with E-state index in [9.17, 15) is 23.1 Å². The number of benzene rings is 1. The van der Waals surface area contributed by atoms with Crippen molar-refractivity contribution >= 4 is 27.6 Å². The number of anilines is 1. The first-order chi connectivity index (χ1) is 12.7. The Kier molecular flexibility index (Phi) is 6.61. The summed E-state index contributed by atoms with van der Waals surface area (Å²) in [6, 6.07) is 4.34. The highest BCUT2D eigenvalue weighted by Crippen LogP contribution is 2.31. The highest BCUT2D eigenvalue weighted by atomic mass is 32.2. The van der Waals surface area contributed by atoms with Gasteiger partial charge in [-0.15, -0.1) is 0 Å². The van der Waals surface area contributed by atoms with E-state index in [1.54, 1.807) is 19.1 Å². The van der Waals surface area contributed by atoms with Gasteiger partial charge in [0, 0.05) is 19.8 Å². The molecule has 8 nitrogen and oxygen atoms in total. The Hall–Kier alpha value is -2.39. The van der Waals surface area contributed by atoms with E-state index >= 15 is 0 Å². The summed E-state index contributed by atoms with van der Waals surface area (Å²) in [7, 11) is -0.976. The van der Waals surface area contributed by atoms with E-state index < -0.39 is 33.7 Å². The summed E-state index contributed by atoms with van der Waals surface area (Å²) < 4.78 is 31.6. The van der Waals surface area contributed by atoms with E-state index in [0.29, 0.717) is 6.42 Å². The number of allylic oxidation sites excluding steroid dienone is 2. The molecule has 27 heavy (non-hydrogen) atoms. The van der Waals surface area contributed by atoms with Gasteiger partial charge in [0.2, 0.25) is 15.9 Å². The van der Waals surface area contributed by atoms with Gasteiger partial charge < -0.3 is 15.2 Å². The van der Waals surface area contributed by atoms with Gasteiger partial charge in [-0.05, 0) is 38.0 Å². The Bertz CT molecular complexity index is 847. The molecule has 2 atom stereocenters. The average Bonchev–Trinajstić information content (AvgIpc) is 2.62. The van der Waals surface area contributed by atoms with Crippen molar-refractivity contribution in [3.63, 3.8) is 0 Å². The maximum Gasteiger partial charge on any atom is 0.307 e. The van der Waals surface area contributed by atoms with Crippen molar-refractivity contribution in [3.05, 3.63) is 30.4 Å². The van der Waals surface area contributed by atoms with Crippen LogP contribution in [0.3, 0.4) is 0 Å². The summed E-state index contributed by atoms with van der Waals surface area (Å²) in [5.74, 6) is -2.81. The first-order valence-electron chi connectivity index (χ1n) is 8.56. The maximum atomic E-state index is 12.6. The number of nitrogens with one attached hydrogen (secondary N) is 1. The van der Waals surface area contributed by atoms with Crippen LogP contribution in [0.2, 0.25) is 0 Å². The lowest BCUT2D eigenvalue weighted by Crippen LogP contribution is -2.34. The van der Waals surface area contributed by atoms with E-state index in [-0.39, 0.29) is 29.4 Å². The van der Waals surface area contributed by atoms with E-state index in [2.05, 4.69) is 5.32 Å². The summed E-state index contributed by atoms with van der Waals surface area (Å²) in [5.41, 5.74) is 0.266. The number of rotatable bonds is 7. The molecule has 0 spiro atoms. The molecule has 0 fully saturated rings. The minimum atomic E-state index is -3.79. The SMILES string of the molecule is CCOc1ccc(NC(=O)[C@H]2CC=CC[C@@H]2C(=O)O)cc1S(=O)(=O)N(C)C. The van der Waals surface area contributed by atoms with E-state index in [4.69, 9.17) is 4.74 Å². The molecule has 9 heteroatoms. The maximum absolute atomic E-state index is 12.6. The number of ether oxygens (including phenoxy) is 1. The predicted molar refractivity (Wildman–Crippen MR) is 100 cm³/mol. The largest absolute Gasteiger partial charge is 0.492 e.